The topological polar surface area (TPSA) is 27.8 Å². The molecule has 2 nitrogen and oxygen atoms in total. The molecule has 25 heavy (non-hydrogen) atoms. The maximum atomic E-state index is 12.8. The molecule has 0 atom stereocenters. The number of rotatable bonds is 2. The normalized spacial score (nSPS) is 14.4. The van der Waals surface area contributed by atoms with Crippen molar-refractivity contribution < 1.29 is 13.2 Å². The number of aromatic nitrogens is 1. The minimum Gasteiger partial charge on any atom is -0.361 e. The lowest BCUT2D eigenvalue weighted by atomic mass is 9.88. The summed E-state index contributed by atoms with van der Waals surface area (Å²) in [5.74, 6) is 0. The Morgan fingerprint density at radius 1 is 0.920 bits per heavy atom. The van der Waals surface area contributed by atoms with Crippen molar-refractivity contribution in [1.82, 2.24) is 10.3 Å². The quantitative estimate of drug-likeness (QED) is 0.673. The van der Waals surface area contributed by atoms with Gasteiger partial charge >= 0.3 is 6.18 Å². The lowest BCUT2D eigenvalue weighted by Gasteiger charge is -2.22. The number of hydrogen-bond acceptors (Lipinski definition) is 1. The minimum atomic E-state index is -4.31. The fourth-order valence-electron chi connectivity index (χ4n) is 3.38. The fraction of sp³-hybridized carbons (Fsp3) is 0.200. The number of nitrogens with one attached hydrogen (secondary N) is 2. The van der Waals surface area contributed by atoms with E-state index in [1.807, 2.05) is 18.3 Å². The van der Waals surface area contributed by atoms with Gasteiger partial charge in [-0.2, -0.15) is 13.2 Å². The SMILES string of the molecule is FC(F)(F)c1ccc(-c2cc(-c3ccc[nH]3)cc3c2CCNC3)cc1. The van der Waals surface area contributed by atoms with Crippen LogP contribution in [-0.4, -0.2) is 11.5 Å². The van der Waals surface area contributed by atoms with Crippen LogP contribution >= 0.6 is 0 Å². The van der Waals surface area contributed by atoms with Gasteiger partial charge in [-0.15, -0.1) is 0 Å². The molecule has 5 heteroatoms. The summed E-state index contributed by atoms with van der Waals surface area (Å²) < 4.78 is 38.5. The maximum absolute atomic E-state index is 12.8. The molecule has 0 amide bonds. The molecule has 0 radical (unpaired) electrons. The van der Waals surface area contributed by atoms with Crippen LogP contribution in [0.25, 0.3) is 22.4 Å². The molecular formula is C20H17F3N2. The second kappa shape index (κ2) is 6.08. The lowest BCUT2D eigenvalue weighted by molar-refractivity contribution is -0.137. The summed E-state index contributed by atoms with van der Waals surface area (Å²) in [4.78, 5) is 3.20. The van der Waals surface area contributed by atoms with E-state index in [0.29, 0.717) is 0 Å². The maximum Gasteiger partial charge on any atom is 0.416 e. The second-order valence-electron chi connectivity index (χ2n) is 6.25. The van der Waals surface area contributed by atoms with Gasteiger partial charge in [0.15, 0.2) is 0 Å². The molecule has 3 aromatic rings. The van der Waals surface area contributed by atoms with Crippen molar-refractivity contribution >= 4 is 0 Å². The molecule has 2 N–H and O–H groups in total. The van der Waals surface area contributed by atoms with E-state index in [9.17, 15) is 13.2 Å². The van der Waals surface area contributed by atoms with Crippen molar-refractivity contribution in [2.45, 2.75) is 19.1 Å². The van der Waals surface area contributed by atoms with Gasteiger partial charge < -0.3 is 10.3 Å². The molecule has 0 fully saturated rings. The number of H-pyrrole nitrogens is 1. The Kier molecular flexibility index (Phi) is 3.88. The van der Waals surface area contributed by atoms with Crippen molar-refractivity contribution in [3.05, 3.63) is 71.4 Å². The zero-order chi connectivity index (χ0) is 17.4. The first-order chi connectivity index (χ1) is 12.0. The van der Waals surface area contributed by atoms with Crippen molar-refractivity contribution in [3.63, 3.8) is 0 Å². The average molecular weight is 342 g/mol. The molecule has 2 aromatic carbocycles. The van der Waals surface area contributed by atoms with E-state index in [1.165, 1.54) is 11.1 Å². The van der Waals surface area contributed by atoms with Gasteiger partial charge in [0.05, 0.1) is 5.56 Å². The minimum absolute atomic E-state index is 0.618. The van der Waals surface area contributed by atoms with E-state index < -0.39 is 11.7 Å². The highest BCUT2D eigenvalue weighted by atomic mass is 19.4. The average Bonchev–Trinajstić information content (AvgIpc) is 3.15. The van der Waals surface area contributed by atoms with Crippen molar-refractivity contribution in [2.24, 2.45) is 0 Å². The Hall–Kier alpha value is -2.53. The van der Waals surface area contributed by atoms with E-state index >= 15 is 0 Å². The van der Waals surface area contributed by atoms with Crippen LogP contribution in [0.3, 0.4) is 0 Å². The van der Waals surface area contributed by atoms with Crippen LogP contribution in [0.4, 0.5) is 13.2 Å². The number of fused-ring (bicyclic) bond motifs is 1. The first kappa shape index (κ1) is 16.0. The van der Waals surface area contributed by atoms with Crippen LogP contribution in [0.2, 0.25) is 0 Å². The monoisotopic (exact) mass is 342 g/mol. The molecule has 1 aliphatic rings. The third kappa shape index (κ3) is 3.07. The van der Waals surface area contributed by atoms with Gasteiger partial charge in [-0.25, -0.2) is 0 Å². The third-order valence-corrected chi connectivity index (χ3v) is 4.64. The van der Waals surface area contributed by atoms with Crippen LogP contribution in [-0.2, 0) is 19.1 Å². The molecule has 0 unspecified atom stereocenters. The Morgan fingerprint density at radius 3 is 2.40 bits per heavy atom. The Morgan fingerprint density at radius 2 is 1.72 bits per heavy atom. The zero-order valence-electron chi connectivity index (χ0n) is 13.5. The van der Waals surface area contributed by atoms with Gasteiger partial charge in [-0.05, 0) is 77.2 Å². The smallest absolute Gasteiger partial charge is 0.361 e. The largest absolute Gasteiger partial charge is 0.416 e. The summed E-state index contributed by atoms with van der Waals surface area (Å²) in [6, 6.07) is 13.6. The van der Waals surface area contributed by atoms with Gasteiger partial charge in [0.2, 0.25) is 0 Å². The van der Waals surface area contributed by atoms with Crippen LogP contribution in [0.5, 0.6) is 0 Å². The molecule has 1 aliphatic heterocycles. The van der Waals surface area contributed by atoms with Crippen LogP contribution in [0, 0.1) is 0 Å². The lowest BCUT2D eigenvalue weighted by Crippen LogP contribution is -2.24. The predicted octanol–water partition coefficient (Wildman–Crippen LogP) is 5.01. The van der Waals surface area contributed by atoms with E-state index in [2.05, 4.69) is 22.4 Å². The number of hydrogen-bond donors (Lipinski definition) is 2. The molecule has 0 saturated heterocycles. The highest BCUT2D eigenvalue weighted by Crippen LogP contribution is 2.35. The summed E-state index contributed by atoms with van der Waals surface area (Å²) in [5, 5.41) is 3.36. The predicted molar refractivity (Wildman–Crippen MR) is 92.1 cm³/mol. The Balaban J connectivity index is 1.84. The Bertz CT molecular complexity index is 879. The highest BCUT2D eigenvalue weighted by molar-refractivity contribution is 5.76. The molecule has 0 bridgehead atoms. The number of halogens is 3. The van der Waals surface area contributed by atoms with Gasteiger partial charge in [0.1, 0.15) is 0 Å². The molecule has 128 valence electrons. The second-order valence-corrected chi connectivity index (χ2v) is 6.25. The summed E-state index contributed by atoms with van der Waals surface area (Å²) >= 11 is 0. The van der Waals surface area contributed by atoms with E-state index in [-0.39, 0.29) is 0 Å². The van der Waals surface area contributed by atoms with Crippen molar-refractivity contribution in [1.29, 1.82) is 0 Å². The fourth-order valence-corrected chi connectivity index (χ4v) is 3.38. The molecule has 2 heterocycles. The zero-order valence-corrected chi connectivity index (χ0v) is 13.5. The molecule has 1 aromatic heterocycles. The van der Waals surface area contributed by atoms with Crippen LogP contribution < -0.4 is 5.32 Å². The van der Waals surface area contributed by atoms with E-state index in [0.717, 1.165) is 54.0 Å². The summed E-state index contributed by atoms with van der Waals surface area (Å²) in [6.45, 7) is 1.65. The molecule has 0 saturated carbocycles. The van der Waals surface area contributed by atoms with Crippen LogP contribution in [0.1, 0.15) is 16.7 Å². The van der Waals surface area contributed by atoms with Gasteiger partial charge in [-0.3, -0.25) is 0 Å². The van der Waals surface area contributed by atoms with E-state index in [1.54, 1.807) is 12.1 Å². The first-order valence-electron chi connectivity index (χ1n) is 8.20. The third-order valence-electron chi connectivity index (χ3n) is 4.64. The van der Waals surface area contributed by atoms with Gasteiger partial charge in [0.25, 0.3) is 0 Å². The highest BCUT2D eigenvalue weighted by Gasteiger charge is 2.30. The van der Waals surface area contributed by atoms with Crippen molar-refractivity contribution in [2.75, 3.05) is 6.54 Å². The van der Waals surface area contributed by atoms with Crippen molar-refractivity contribution in [3.8, 4) is 22.4 Å². The van der Waals surface area contributed by atoms with Gasteiger partial charge in [-0.1, -0.05) is 12.1 Å². The summed E-state index contributed by atoms with van der Waals surface area (Å²) in [6.07, 6.45) is -1.57. The summed E-state index contributed by atoms with van der Waals surface area (Å²) in [5.41, 5.74) is 5.68. The number of alkyl halides is 3. The molecule has 4 rings (SSSR count). The van der Waals surface area contributed by atoms with Gasteiger partial charge in [0, 0.05) is 18.4 Å². The number of aromatic amines is 1. The molecule has 0 spiro atoms. The summed E-state index contributed by atoms with van der Waals surface area (Å²) in [7, 11) is 0. The molecule has 0 aliphatic carbocycles. The standard InChI is InChI=1S/C20H17F3N2/c21-20(22,23)16-5-3-13(4-6-16)18-11-14(19-2-1-8-25-19)10-15-12-24-9-7-17(15)18/h1-6,8,10-11,24-25H,7,9,12H2. The Labute approximate surface area is 143 Å². The van der Waals surface area contributed by atoms with Crippen LogP contribution in [0.15, 0.2) is 54.7 Å². The molecular weight excluding hydrogens is 325 g/mol. The first-order valence-corrected chi connectivity index (χ1v) is 8.20. The van der Waals surface area contributed by atoms with E-state index in [4.69, 9.17) is 0 Å². The number of benzene rings is 2.